The lowest BCUT2D eigenvalue weighted by Gasteiger charge is -2.35. The molecule has 1 N–H and O–H groups in total. The molecule has 1 aliphatic rings. The van der Waals surface area contributed by atoms with Crippen LogP contribution in [0.15, 0.2) is 66.7 Å². The van der Waals surface area contributed by atoms with Crippen molar-refractivity contribution in [1.29, 1.82) is 0 Å². The molecule has 0 bridgehead atoms. The van der Waals surface area contributed by atoms with Crippen LogP contribution in [-0.2, 0) is 0 Å². The van der Waals surface area contributed by atoms with Crippen LogP contribution < -0.4 is 10.2 Å². The van der Waals surface area contributed by atoms with Gasteiger partial charge in [-0.1, -0.05) is 42.0 Å². The van der Waals surface area contributed by atoms with Gasteiger partial charge in [0.05, 0.1) is 5.52 Å². The third-order valence-corrected chi connectivity index (χ3v) is 5.86. The van der Waals surface area contributed by atoms with Crippen LogP contribution >= 0.6 is 0 Å². The van der Waals surface area contributed by atoms with Gasteiger partial charge < -0.3 is 15.1 Å². The van der Waals surface area contributed by atoms with E-state index in [1.165, 1.54) is 5.56 Å². The second-order valence-electron chi connectivity index (χ2n) is 8.35. The third-order valence-electron chi connectivity index (χ3n) is 5.86. The molecule has 7 heteroatoms. The summed E-state index contributed by atoms with van der Waals surface area (Å²) in [6.45, 7) is 6.69. The van der Waals surface area contributed by atoms with Gasteiger partial charge in [0.15, 0.2) is 0 Å². The largest absolute Gasteiger partial charge is 0.353 e. The first-order valence-corrected chi connectivity index (χ1v) is 11.1. The molecule has 166 valence electrons. The fourth-order valence-corrected chi connectivity index (χ4v) is 4.02. The maximum absolute atomic E-state index is 13.0. The molecule has 33 heavy (non-hydrogen) atoms. The number of aromatic nitrogens is 3. The highest BCUT2D eigenvalue weighted by molar-refractivity contribution is 5.95. The highest BCUT2D eigenvalue weighted by Crippen LogP contribution is 2.21. The number of aryl methyl sites for hydroxylation is 2. The second-order valence-corrected chi connectivity index (χ2v) is 8.35. The molecule has 0 unspecified atom stereocenters. The molecule has 2 aromatic carbocycles. The number of carbonyl (C=O) groups excluding carboxylic acids is 1. The smallest absolute Gasteiger partial charge is 0.272 e. The van der Waals surface area contributed by atoms with Gasteiger partial charge in [0.1, 0.15) is 11.5 Å². The number of benzene rings is 2. The molecule has 0 radical (unpaired) electrons. The maximum Gasteiger partial charge on any atom is 0.272 e. The summed E-state index contributed by atoms with van der Waals surface area (Å²) in [7, 11) is 0. The number of piperazine rings is 1. The molecule has 1 fully saturated rings. The predicted octanol–water partition coefficient (Wildman–Crippen LogP) is 4.35. The minimum Gasteiger partial charge on any atom is -0.353 e. The summed E-state index contributed by atoms with van der Waals surface area (Å²) < 4.78 is 0. The van der Waals surface area contributed by atoms with Gasteiger partial charge in [0.2, 0.25) is 5.95 Å². The summed E-state index contributed by atoms with van der Waals surface area (Å²) >= 11 is 0. The number of pyridine rings is 1. The fourth-order valence-electron chi connectivity index (χ4n) is 4.02. The van der Waals surface area contributed by atoms with E-state index < -0.39 is 0 Å². The van der Waals surface area contributed by atoms with Gasteiger partial charge >= 0.3 is 0 Å². The van der Waals surface area contributed by atoms with Crippen molar-refractivity contribution in [3.8, 4) is 0 Å². The van der Waals surface area contributed by atoms with E-state index >= 15 is 0 Å². The van der Waals surface area contributed by atoms with E-state index in [-0.39, 0.29) is 5.91 Å². The Labute approximate surface area is 193 Å². The molecule has 0 saturated carbocycles. The van der Waals surface area contributed by atoms with Crippen LogP contribution in [0.1, 0.15) is 21.7 Å². The van der Waals surface area contributed by atoms with E-state index in [0.29, 0.717) is 37.8 Å². The summed E-state index contributed by atoms with van der Waals surface area (Å²) in [5, 5.41) is 4.33. The lowest BCUT2D eigenvalue weighted by molar-refractivity contribution is 0.0741. The number of hydrogen-bond acceptors (Lipinski definition) is 6. The Hall–Kier alpha value is -4.00. The summed E-state index contributed by atoms with van der Waals surface area (Å²) in [4.78, 5) is 30.9. The summed E-state index contributed by atoms with van der Waals surface area (Å²) in [6.07, 6.45) is 0. The number of hydrogen-bond donors (Lipinski definition) is 1. The lowest BCUT2D eigenvalue weighted by Crippen LogP contribution is -2.49. The molecule has 0 spiro atoms. The molecule has 4 aromatic rings. The highest BCUT2D eigenvalue weighted by atomic mass is 16.2. The number of fused-ring (bicyclic) bond motifs is 1. The molecule has 2 aromatic heterocycles. The van der Waals surface area contributed by atoms with E-state index in [0.717, 1.165) is 28.1 Å². The molecule has 3 heterocycles. The van der Waals surface area contributed by atoms with E-state index in [4.69, 9.17) is 4.98 Å². The standard InChI is InChI=1S/C26H26N6O/c1-18-7-10-21(11-8-18)28-26-27-19(2)17-24(30-26)31-13-15-32(16-14-31)25(33)23-12-9-20-5-3-4-6-22(20)29-23/h3-12,17H,13-16H2,1-2H3,(H,27,28,30). The van der Waals surface area contributed by atoms with E-state index in [1.54, 1.807) is 0 Å². The normalized spacial score (nSPS) is 13.9. The number of nitrogens with one attached hydrogen (secondary N) is 1. The Morgan fingerprint density at radius 3 is 2.39 bits per heavy atom. The van der Waals surface area contributed by atoms with Crippen LogP contribution in [0, 0.1) is 13.8 Å². The van der Waals surface area contributed by atoms with Gasteiger partial charge in [-0.05, 0) is 38.1 Å². The van der Waals surface area contributed by atoms with Crippen LogP contribution in [-0.4, -0.2) is 51.9 Å². The first kappa shape index (κ1) is 20.9. The Bertz CT molecular complexity index is 1300. The number of para-hydroxylation sites is 1. The van der Waals surface area contributed by atoms with Gasteiger partial charge in [-0.15, -0.1) is 0 Å². The zero-order valence-corrected chi connectivity index (χ0v) is 18.8. The average molecular weight is 439 g/mol. The maximum atomic E-state index is 13.0. The van der Waals surface area contributed by atoms with E-state index in [1.807, 2.05) is 66.4 Å². The zero-order chi connectivity index (χ0) is 22.8. The number of nitrogens with zero attached hydrogens (tertiary/aromatic N) is 5. The molecular weight excluding hydrogens is 412 g/mol. The van der Waals surface area contributed by atoms with Crippen molar-refractivity contribution in [3.63, 3.8) is 0 Å². The van der Waals surface area contributed by atoms with Crippen molar-refractivity contribution >= 4 is 34.3 Å². The zero-order valence-electron chi connectivity index (χ0n) is 18.8. The molecule has 0 atom stereocenters. The summed E-state index contributed by atoms with van der Waals surface area (Å²) in [6, 6.07) is 21.8. The van der Waals surface area contributed by atoms with Gasteiger partial charge in [-0.25, -0.2) is 9.97 Å². The van der Waals surface area contributed by atoms with Gasteiger partial charge in [-0.3, -0.25) is 4.79 Å². The minimum absolute atomic E-state index is 0.0269. The molecule has 7 nitrogen and oxygen atoms in total. The Kier molecular flexibility index (Phi) is 5.60. The topological polar surface area (TPSA) is 74.2 Å². The Morgan fingerprint density at radius 2 is 1.61 bits per heavy atom. The summed E-state index contributed by atoms with van der Waals surface area (Å²) in [5.74, 6) is 1.42. The number of amides is 1. The average Bonchev–Trinajstić information content (AvgIpc) is 2.84. The highest BCUT2D eigenvalue weighted by Gasteiger charge is 2.24. The lowest BCUT2D eigenvalue weighted by atomic mass is 10.2. The van der Waals surface area contributed by atoms with Crippen LogP contribution in [0.25, 0.3) is 10.9 Å². The van der Waals surface area contributed by atoms with Crippen molar-refractivity contribution < 1.29 is 4.79 Å². The van der Waals surface area contributed by atoms with Gasteiger partial charge in [0, 0.05) is 49.0 Å². The number of rotatable bonds is 4. The van der Waals surface area contributed by atoms with Crippen LogP contribution in [0.4, 0.5) is 17.5 Å². The van der Waals surface area contributed by atoms with Gasteiger partial charge in [-0.2, -0.15) is 4.98 Å². The van der Waals surface area contributed by atoms with Gasteiger partial charge in [0.25, 0.3) is 5.91 Å². The van der Waals surface area contributed by atoms with E-state index in [9.17, 15) is 4.79 Å². The number of anilines is 3. The molecule has 1 aliphatic heterocycles. The second kappa shape index (κ2) is 8.86. The predicted molar refractivity (Wildman–Crippen MR) is 131 cm³/mol. The molecule has 0 aliphatic carbocycles. The van der Waals surface area contributed by atoms with Crippen LogP contribution in [0.3, 0.4) is 0 Å². The van der Waals surface area contributed by atoms with Crippen molar-refractivity contribution in [1.82, 2.24) is 19.9 Å². The summed E-state index contributed by atoms with van der Waals surface area (Å²) in [5.41, 5.74) is 4.39. The first-order chi connectivity index (χ1) is 16.0. The molecule has 1 amide bonds. The fraction of sp³-hybridized carbons (Fsp3) is 0.231. The van der Waals surface area contributed by atoms with Crippen molar-refractivity contribution in [2.75, 3.05) is 36.4 Å². The monoisotopic (exact) mass is 438 g/mol. The van der Waals surface area contributed by atoms with Crippen LogP contribution in [0.2, 0.25) is 0 Å². The quantitative estimate of drug-likeness (QED) is 0.511. The third kappa shape index (κ3) is 4.62. The number of carbonyl (C=O) groups is 1. The van der Waals surface area contributed by atoms with Crippen molar-refractivity contribution in [2.24, 2.45) is 0 Å². The van der Waals surface area contributed by atoms with Crippen molar-refractivity contribution in [3.05, 3.63) is 83.7 Å². The van der Waals surface area contributed by atoms with E-state index in [2.05, 4.69) is 39.2 Å². The molecular formula is C26H26N6O. The first-order valence-electron chi connectivity index (χ1n) is 11.1. The SMILES string of the molecule is Cc1ccc(Nc2nc(C)cc(N3CCN(C(=O)c4ccc5ccccc5n4)CC3)n2)cc1. The molecule has 5 rings (SSSR count). The molecule has 1 saturated heterocycles. The van der Waals surface area contributed by atoms with Crippen molar-refractivity contribution in [2.45, 2.75) is 13.8 Å². The van der Waals surface area contributed by atoms with Crippen LogP contribution in [0.5, 0.6) is 0 Å². The Balaban J connectivity index is 1.27. The minimum atomic E-state index is -0.0269. The Morgan fingerprint density at radius 1 is 0.848 bits per heavy atom.